The van der Waals surface area contributed by atoms with Gasteiger partial charge in [-0.2, -0.15) is 10.2 Å². The van der Waals surface area contributed by atoms with Gasteiger partial charge in [0.15, 0.2) is 0 Å². The monoisotopic (exact) mass is 497 g/mol. The number of anilines is 1. The number of thiophene rings is 1. The van der Waals surface area contributed by atoms with Gasteiger partial charge in [-0.3, -0.25) is 14.2 Å². The highest BCUT2D eigenvalue weighted by Crippen LogP contribution is 2.26. The number of ether oxygens (including phenoxy) is 1. The summed E-state index contributed by atoms with van der Waals surface area (Å²) in [5.41, 5.74) is 7.57. The van der Waals surface area contributed by atoms with Crippen molar-refractivity contribution in [3.63, 3.8) is 0 Å². The van der Waals surface area contributed by atoms with E-state index in [-0.39, 0.29) is 5.91 Å². The van der Waals surface area contributed by atoms with Crippen LogP contribution >= 0.6 is 22.9 Å². The van der Waals surface area contributed by atoms with Gasteiger partial charge < -0.3 is 10.1 Å². The molecule has 1 amide bonds. The topological polar surface area (TPSA) is 74.0 Å². The van der Waals surface area contributed by atoms with Gasteiger partial charge >= 0.3 is 0 Å². The second-order valence-electron chi connectivity index (χ2n) is 8.45. The maximum atomic E-state index is 13.0. The lowest BCUT2D eigenvalue weighted by molar-refractivity contribution is 0.103. The summed E-state index contributed by atoms with van der Waals surface area (Å²) < 4.78 is 9.66. The molecule has 0 atom stereocenters. The summed E-state index contributed by atoms with van der Waals surface area (Å²) in [6.07, 6.45) is 0. The van der Waals surface area contributed by atoms with Crippen LogP contribution in [0.5, 0.6) is 5.75 Å². The second-order valence-corrected chi connectivity index (χ2v) is 9.77. The minimum atomic E-state index is -0.155. The van der Waals surface area contributed by atoms with Gasteiger partial charge in [0.05, 0.1) is 34.2 Å². The standard InChI is InChI=1S/C25H28ClN5O2S/c1-14-9-20(7-8-22(14)26)33-12-19-10-23(34-13-19)25(32)27-24-16(3)29-31(18(24)5)11-21-15(2)28-30(6)17(21)4/h7-10,13H,11-12H2,1-6H3,(H,27,32). The molecule has 0 unspecified atom stereocenters. The third-order valence-corrected chi connectivity index (χ3v) is 7.40. The van der Waals surface area contributed by atoms with Crippen LogP contribution in [0, 0.1) is 34.6 Å². The molecule has 0 saturated carbocycles. The van der Waals surface area contributed by atoms with Gasteiger partial charge in [-0.25, -0.2) is 0 Å². The molecule has 4 aromatic rings. The molecule has 0 radical (unpaired) electrons. The molecule has 0 aliphatic heterocycles. The average Bonchev–Trinajstić information content (AvgIpc) is 3.44. The number of halogens is 1. The Bertz CT molecular complexity index is 1370. The Morgan fingerprint density at radius 2 is 1.85 bits per heavy atom. The lowest BCUT2D eigenvalue weighted by atomic mass is 10.2. The molecule has 1 N–H and O–H groups in total. The minimum Gasteiger partial charge on any atom is -0.489 e. The molecule has 178 valence electrons. The highest BCUT2D eigenvalue weighted by molar-refractivity contribution is 7.12. The predicted molar refractivity (Wildman–Crippen MR) is 136 cm³/mol. The Hall–Kier alpha value is -3.10. The molecular weight excluding hydrogens is 470 g/mol. The molecule has 0 aliphatic rings. The molecule has 0 fully saturated rings. The van der Waals surface area contributed by atoms with E-state index in [0.29, 0.717) is 23.1 Å². The van der Waals surface area contributed by atoms with Crippen molar-refractivity contribution >= 4 is 34.5 Å². The van der Waals surface area contributed by atoms with Gasteiger partial charge in [0.25, 0.3) is 5.91 Å². The first-order chi connectivity index (χ1) is 16.1. The highest BCUT2D eigenvalue weighted by atomic mass is 35.5. The highest BCUT2D eigenvalue weighted by Gasteiger charge is 2.19. The minimum absolute atomic E-state index is 0.155. The quantitative estimate of drug-likeness (QED) is 0.352. The first-order valence-electron chi connectivity index (χ1n) is 10.9. The number of benzene rings is 1. The Labute approximate surface area is 208 Å². The zero-order chi connectivity index (χ0) is 24.6. The van der Waals surface area contributed by atoms with Gasteiger partial charge in [-0.15, -0.1) is 11.3 Å². The van der Waals surface area contributed by atoms with E-state index in [0.717, 1.165) is 50.9 Å². The molecular formula is C25H28ClN5O2S. The largest absolute Gasteiger partial charge is 0.489 e. The number of carbonyl (C=O) groups excluding carboxylic acids is 1. The number of hydrogen-bond acceptors (Lipinski definition) is 5. The first kappa shape index (κ1) is 24.0. The average molecular weight is 498 g/mol. The van der Waals surface area contributed by atoms with Crippen LogP contribution in [0.3, 0.4) is 0 Å². The van der Waals surface area contributed by atoms with Crippen LogP contribution < -0.4 is 10.1 Å². The molecule has 0 aliphatic carbocycles. The maximum Gasteiger partial charge on any atom is 0.265 e. The van der Waals surface area contributed by atoms with Gasteiger partial charge in [0.2, 0.25) is 0 Å². The summed E-state index contributed by atoms with van der Waals surface area (Å²) in [5.74, 6) is 0.593. The van der Waals surface area contributed by atoms with Gasteiger partial charge in [0, 0.05) is 28.9 Å². The van der Waals surface area contributed by atoms with Crippen molar-refractivity contribution in [3.8, 4) is 5.75 Å². The van der Waals surface area contributed by atoms with Crippen LogP contribution in [-0.2, 0) is 20.2 Å². The number of hydrogen-bond donors (Lipinski definition) is 1. The zero-order valence-corrected chi connectivity index (χ0v) is 21.8. The number of carbonyl (C=O) groups is 1. The van der Waals surface area contributed by atoms with Crippen LogP contribution in [0.15, 0.2) is 29.6 Å². The zero-order valence-electron chi connectivity index (χ0n) is 20.2. The number of rotatable bonds is 7. The van der Waals surface area contributed by atoms with Crippen molar-refractivity contribution < 1.29 is 9.53 Å². The van der Waals surface area contributed by atoms with Gasteiger partial charge in [-0.1, -0.05) is 11.6 Å². The third-order valence-electron chi connectivity index (χ3n) is 6.00. The van der Waals surface area contributed by atoms with Gasteiger partial charge in [0.1, 0.15) is 12.4 Å². The fourth-order valence-electron chi connectivity index (χ4n) is 3.85. The summed E-state index contributed by atoms with van der Waals surface area (Å²) in [4.78, 5) is 13.6. The summed E-state index contributed by atoms with van der Waals surface area (Å²) >= 11 is 7.47. The molecule has 0 saturated heterocycles. The van der Waals surface area contributed by atoms with Crippen molar-refractivity contribution in [2.24, 2.45) is 7.05 Å². The van der Waals surface area contributed by atoms with Crippen LogP contribution in [0.25, 0.3) is 0 Å². The van der Waals surface area contributed by atoms with Crippen LogP contribution in [0.4, 0.5) is 5.69 Å². The number of amides is 1. The lowest BCUT2D eigenvalue weighted by Gasteiger charge is -2.07. The summed E-state index contributed by atoms with van der Waals surface area (Å²) in [5, 5.41) is 14.9. The fraction of sp³-hybridized carbons (Fsp3) is 0.320. The van der Waals surface area contributed by atoms with E-state index in [1.807, 2.05) is 73.8 Å². The van der Waals surface area contributed by atoms with E-state index in [9.17, 15) is 4.79 Å². The fourth-order valence-corrected chi connectivity index (χ4v) is 4.76. The van der Waals surface area contributed by atoms with E-state index in [4.69, 9.17) is 16.3 Å². The molecule has 1 aromatic carbocycles. The first-order valence-corrected chi connectivity index (χ1v) is 12.2. The number of aromatic nitrogens is 4. The Kier molecular flexibility index (Phi) is 6.81. The van der Waals surface area contributed by atoms with E-state index in [2.05, 4.69) is 22.4 Å². The molecule has 9 heteroatoms. The van der Waals surface area contributed by atoms with Gasteiger partial charge in [-0.05, 0) is 69.8 Å². The van der Waals surface area contributed by atoms with Crippen LogP contribution in [0.2, 0.25) is 5.02 Å². The molecule has 7 nitrogen and oxygen atoms in total. The summed E-state index contributed by atoms with van der Waals surface area (Å²) in [7, 11) is 1.94. The molecule has 4 rings (SSSR count). The Morgan fingerprint density at radius 3 is 2.53 bits per heavy atom. The van der Waals surface area contributed by atoms with E-state index < -0.39 is 0 Å². The molecule has 3 heterocycles. The number of aryl methyl sites for hydroxylation is 4. The Balaban J connectivity index is 1.44. The molecule has 0 spiro atoms. The predicted octanol–water partition coefficient (Wildman–Crippen LogP) is 5.75. The Morgan fingerprint density at radius 1 is 1.09 bits per heavy atom. The maximum absolute atomic E-state index is 13.0. The normalized spacial score (nSPS) is 11.1. The van der Waals surface area contributed by atoms with E-state index in [1.54, 1.807) is 0 Å². The van der Waals surface area contributed by atoms with Crippen molar-refractivity contribution in [3.05, 3.63) is 79.0 Å². The number of nitrogens with zero attached hydrogens (tertiary/aromatic N) is 4. The molecule has 3 aromatic heterocycles. The van der Waals surface area contributed by atoms with E-state index in [1.165, 1.54) is 11.3 Å². The van der Waals surface area contributed by atoms with Crippen molar-refractivity contribution in [1.29, 1.82) is 0 Å². The van der Waals surface area contributed by atoms with Crippen molar-refractivity contribution in [2.75, 3.05) is 5.32 Å². The second kappa shape index (κ2) is 9.64. The van der Waals surface area contributed by atoms with Crippen molar-refractivity contribution in [2.45, 2.75) is 47.8 Å². The SMILES string of the molecule is Cc1cc(OCc2csc(C(=O)Nc3c(C)nn(Cc4c(C)nn(C)c4C)c3C)c2)ccc1Cl. The smallest absolute Gasteiger partial charge is 0.265 e. The molecule has 0 bridgehead atoms. The molecule has 34 heavy (non-hydrogen) atoms. The third kappa shape index (κ3) is 4.88. The van der Waals surface area contributed by atoms with E-state index >= 15 is 0 Å². The van der Waals surface area contributed by atoms with Crippen LogP contribution in [-0.4, -0.2) is 25.5 Å². The van der Waals surface area contributed by atoms with Crippen molar-refractivity contribution in [1.82, 2.24) is 19.6 Å². The van der Waals surface area contributed by atoms with Crippen LogP contribution in [0.1, 0.15) is 49.1 Å². The number of nitrogens with one attached hydrogen (secondary N) is 1. The summed E-state index contributed by atoms with van der Waals surface area (Å²) in [6, 6.07) is 7.42. The summed E-state index contributed by atoms with van der Waals surface area (Å²) in [6.45, 7) is 10.9. The lowest BCUT2D eigenvalue weighted by Crippen LogP contribution is -2.12.